The van der Waals surface area contributed by atoms with Crippen LogP contribution in [-0.2, 0) is 16.1 Å². The molecule has 2 aromatic carbocycles. The lowest BCUT2D eigenvalue weighted by Gasteiger charge is -2.05. The molecule has 2 aromatic rings. The zero-order valence-electron chi connectivity index (χ0n) is 12.2. The Kier molecular flexibility index (Phi) is 5.09. The van der Waals surface area contributed by atoms with Crippen LogP contribution in [0.2, 0.25) is 0 Å². The second-order valence-electron chi connectivity index (χ2n) is 4.82. The number of benzene rings is 2. The van der Waals surface area contributed by atoms with Crippen LogP contribution in [0.15, 0.2) is 60.2 Å². The molecule has 0 amide bonds. The second-order valence-corrected chi connectivity index (χ2v) is 4.82. The quantitative estimate of drug-likeness (QED) is 0.677. The van der Waals surface area contributed by atoms with Crippen LogP contribution in [0.25, 0.3) is 6.08 Å². The summed E-state index contributed by atoms with van der Waals surface area (Å²) in [6.45, 7) is 1.74. The van der Waals surface area contributed by atoms with Gasteiger partial charge in [-0.15, -0.1) is 0 Å². The predicted octanol–water partition coefficient (Wildman–Crippen LogP) is 3.53. The van der Waals surface area contributed by atoms with Crippen LogP contribution < -0.4 is 0 Å². The molecule has 22 heavy (non-hydrogen) atoms. The lowest BCUT2D eigenvalue weighted by molar-refractivity contribution is -0.132. The summed E-state index contributed by atoms with van der Waals surface area (Å²) in [6, 6.07) is 16.0. The molecule has 0 bridgehead atoms. The van der Waals surface area contributed by atoms with Crippen molar-refractivity contribution >= 4 is 18.0 Å². The minimum Gasteiger partial charge on any atom is -0.478 e. The normalized spacial score (nSPS) is 11.0. The zero-order valence-corrected chi connectivity index (χ0v) is 12.2. The monoisotopic (exact) mass is 296 g/mol. The Labute approximate surface area is 128 Å². The highest BCUT2D eigenvalue weighted by atomic mass is 16.5. The minimum absolute atomic E-state index is 0.222. The van der Waals surface area contributed by atoms with Crippen LogP contribution in [0.4, 0.5) is 0 Å². The molecule has 0 atom stereocenters. The Balaban J connectivity index is 1.99. The first-order valence-electron chi connectivity index (χ1n) is 6.79. The van der Waals surface area contributed by atoms with Crippen molar-refractivity contribution < 1.29 is 19.4 Å². The summed E-state index contributed by atoms with van der Waals surface area (Å²) >= 11 is 0. The third-order valence-corrected chi connectivity index (χ3v) is 3.08. The summed E-state index contributed by atoms with van der Waals surface area (Å²) in [5.41, 5.74) is 2.31. The highest BCUT2D eigenvalue weighted by Crippen LogP contribution is 2.11. The molecule has 0 unspecified atom stereocenters. The smallest absolute Gasteiger partial charge is 0.338 e. The molecule has 0 fully saturated rings. The summed E-state index contributed by atoms with van der Waals surface area (Å²) in [5, 5.41) is 8.82. The largest absolute Gasteiger partial charge is 0.478 e. The summed E-state index contributed by atoms with van der Waals surface area (Å²) in [5.74, 6) is -1.37. The molecule has 0 heterocycles. The summed E-state index contributed by atoms with van der Waals surface area (Å²) < 4.78 is 5.22. The summed E-state index contributed by atoms with van der Waals surface area (Å²) in [7, 11) is 0. The number of hydrogen-bond donors (Lipinski definition) is 1. The lowest BCUT2D eigenvalue weighted by Crippen LogP contribution is -2.05. The summed E-state index contributed by atoms with van der Waals surface area (Å²) in [6.07, 6.45) is 1.54. The molecule has 112 valence electrons. The topological polar surface area (TPSA) is 63.6 Å². The van der Waals surface area contributed by atoms with E-state index in [1.54, 1.807) is 30.3 Å². The SMILES string of the molecule is C/C(=C\c1ccc(C(=O)OCc2ccccc2)cc1)C(=O)O. The van der Waals surface area contributed by atoms with E-state index < -0.39 is 11.9 Å². The molecule has 4 nitrogen and oxygen atoms in total. The van der Waals surface area contributed by atoms with Crippen molar-refractivity contribution in [3.05, 3.63) is 76.9 Å². The van der Waals surface area contributed by atoms with Crippen LogP contribution in [0.1, 0.15) is 28.4 Å². The number of ether oxygens (including phenoxy) is 1. The van der Waals surface area contributed by atoms with E-state index in [9.17, 15) is 9.59 Å². The van der Waals surface area contributed by atoms with Gasteiger partial charge in [-0.2, -0.15) is 0 Å². The highest BCUT2D eigenvalue weighted by Gasteiger charge is 2.07. The van der Waals surface area contributed by atoms with Gasteiger partial charge in [0.2, 0.25) is 0 Å². The fourth-order valence-electron chi connectivity index (χ4n) is 1.83. The molecule has 0 aliphatic carbocycles. The number of carboxylic acids is 1. The van der Waals surface area contributed by atoms with Crippen LogP contribution >= 0.6 is 0 Å². The minimum atomic E-state index is -0.966. The van der Waals surface area contributed by atoms with Crippen molar-refractivity contribution in [3.63, 3.8) is 0 Å². The Morgan fingerprint density at radius 3 is 2.27 bits per heavy atom. The molecular weight excluding hydrogens is 280 g/mol. The van der Waals surface area contributed by atoms with Crippen molar-refractivity contribution in [2.45, 2.75) is 13.5 Å². The average Bonchev–Trinajstić information content (AvgIpc) is 2.54. The third-order valence-electron chi connectivity index (χ3n) is 3.08. The molecule has 0 radical (unpaired) electrons. The van der Waals surface area contributed by atoms with E-state index in [0.717, 1.165) is 11.1 Å². The Bertz CT molecular complexity index is 685. The molecule has 4 heteroatoms. The zero-order chi connectivity index (χ0) is 15.9. The average molecular weight is 296 g/mol. The molecule has 1 N–H and O–H groups in total. The van der Waals surface area contributed by atoms with Crippen molar-refractivity contribution in [3.8, 4) is 0 Å². The number of rotatable bonds is 5. The molecule has 0 aliphatic rings. The van der Waals surface area contributed by atoms with Crippen molar-refractivity contribution in [2.75, 3.05) is 0 Å². The molecule has 0 saturated heterocycles. The van der Waals surface area contributed by atoms with Crippen LogP contribution in [0.5, 0.6) is 0 Å². The number of esters is 1. The molecule has 0 saturated carbocycles. The Morgan fingerprint density at radius 1 is 1.05 bits per heavy atom. The lowest BCUT2D eigenvalue weighted by atomic mass is 10.1. The molecular formula is C18H16O4. The van der Waals surface area contributed by atoms with E-state index in [-0.39, 0.29) is 12.2 Å². The molecule has 2 rings (SSSR count). The van der Waals surface area contributed by atoms with Gasteiger partial charge in [-0.3, -0.25) is 0 Å². The maximum absolute atomic E-state index is 11.9. The van der Waals surface area contributed by atoms with Gasteiger partial charge in [-0.1, -0.05) is 42.5 Å². The Hall–Kier alpha value is -2.88. The second kappa shape index (κ2) is 7.22. The van der Waals surface area contributed by atoms with E-state index in [1.807, 2.05) is 30.3 Å². The molecule has 0 spiro atoms. The molecule has 0 aromatic heterocycles. The highest BCUT2D eigenvalue weighted by molar-refractivity contribution is 5.92. The van der Waals surface area contributed by atoms with Crippen LogP contribution in [0.3, 0.4) is 0 Å². The number of aliphatic carboxylic acids is 1. The van der Waals surface area contributed by atoms with Crippen molar-refractivity contribution in [1.82, 2.24) is 0 Å². The van der Waals surface area contributed by atoms with E-state index in [2.05, 4.69) is 0 Å². The first-order chi connectivity index (χ1) is 10.6. The predicted molar refractivity (Wildman–Crippen MR) is 83.3 cm³/mol. The van der Waals surface area contributed by atoms with Gasteiger partial charge in [0.05, 0.1) is 5.56 Å². The number of carboxylic acid groups (broad SMARTS) is 1. The van der Waals surface area contributed by atoms with E-state index >= 15 is 0 Å². The van der Waals surface area contributed by atoms with Gasteiger partial charge in [0.25, 0.3) is 0 Å². The van der Waals surface area contributed by atoms with Gasteiger partial charge in [0.15, 0.2) is 0 Å². The van der Waals surface area contributed by atoms with E-state index in [1.165, 1.54) is 6.92 Å². The maximum Gasteiger partial charge on any atom is 0.338 e. The fraction of sp³-hybridized carbons (Fsp3) is 0.111. The first-order valence-corrected chi connectivity index (χ1v) is 6.79. The van der Waals surface area contributed by atoms with Gasteiger partial charge in [0, 0.05) is 5.57 Å². The maximum atomic E-state index is 11.9. The molecule has 0 aliphatic heterocycles. The van der Waals surface area contributed by atoms with E-state index in [0.29, 0.717) is 5.56 Å². The van der Waals surface area contributed by atoms with Crippen molar-refractivity contribution in [2.24, 2.45) is 0 Å². The van der Waals surface area contributed by atoms with Gasteiger partial charge >= 0.3 is 11.9 Å². The van der Waals surface area contributed by atoms with Crippen LogP contribution in [0, 0.1) is 0 Å². The number of hydrogen-bond acceptors (Lipinski definition) is 3. The fourth-order valence-corrected chi connectivity index (χ4v) is 1.83. The van der Waals surface area contributed by atoms with Gasteiger partial charge < -0.3 is 9.84 Å². The van der Waals surface area contributed by atoms with Crippen LogP contribution in [-0.4, -0.2) is 17.0 Å². The number of carbonyl (C=O) groups excluding carboxylic acids is 1. The Morgan fingerprint density at radius 2 is 1.68 bits per heavy atom. The van der Waals surface area contributed by atoms with Gasteiger partial charge in [0.1, 0.15) is 6.61 Å². The third kappa shape index (κ3) is 4.31. The standard InChI is InChI=1S/C18H16O4/c1-13(17(19)20)11-14-7-9-16(10-8-14)18(21)22-12-15-5-3-2-4-6-15/h2-11H,12H2,1H3,(H,19,20)/b13-11+. The van der Waals surface area contributed by atoms with Crippen molar-refractivity contribution in [1.29, 1.82) is 0 Å². The van der Waals surface area contributed by atoms with E-state index in [4.69, 9.17) is 9.84 Å². The van der Waals surface area contributed by atoms with Gasteiger partial charge in [-0.05, 0) is 36.3 Å². The summed E-state index contributed by atoms with van der Waals surface area (Å²) in [4.78, 5) is 22.7. The number of carbonyl (C=O) groups is 2. The van der Waals surface area contributed by atoms with Gasteiger partial charge in [-0.25, -0.2) is 9.59 Å². The first kappa shape index (κ1) is 15.5.